The molecule has 0 radical (unpaired) electrons. The molecule has 0 atom stereocenters. The summed E-state index contributed by atoms with van der Waals surface area (Å²) in [5, 5.41) is 2.40. The van der Waals surface area contributed by atoms with Crippen LogP contribution < -0.4 is 0 Å². The minimum Gasteiger partial charge on any atom is -0.208 e. The first kappa shape index (κ1) is 36.1. The van der Waals surface area contributed by atoms with Gasteiger partial charge >= 0.3 is 0 Å². The number of rotatable bonds is 5. The van der Waals surface area contributed by atoms with Crippen LogP contribution in [0.5, 0.6) is 0 Å². The minimum absolute atomic E-state index is 0.119. The molecule has 0 saturated carbocycles. The summed E-state index contributed by atoms with van der Waals surface area (Å²) in [5.74, 6) is 1.95. The van der Waals surface area contributed by atoms with Crippen molar-refractivity contribution in [2.75, 3.05) is 0 Å². The molecule has 0 fully saturated rings. The van der Waals surface area contributed by atoms with Crippen molar-refractivity contribution in [3.8, 4) is 67.5 Å². The van der Waals surface area contributed by atoms with Gasteiger partial charge in [-0.25, -0.2) is 15.0 Å². The van der Waals surface area contributed by atoms with Gasteiger partial charge in [0.25, 0.3) is 0 Å². The van der Waals surface area contributed by atoms with Crippen molar-refractivity contribution in [1.82, 2.24) is 15.0 Å². The topological polar surface area (TPSA) is 38.7 Å². The van der Waals surface area contributed by atoms with E-state index in [1.807, 2.05) is 60.7 Å². The molecule has 12 rings (SSSR count). The molecule has 2 aliphatic carbocycles. The molecule has 0 amide bonds. The molecular formula is C59H41N3. The fourth-order valence-electron chi connectivity index (χ4n) is 10.4. The van der Waals surface area contributed by atoms with Gasteiger partial charge < -0.3 is 0 Å². The lowest BCUT2D eigenvalue weighted by Crippen LogP contribution is -2.40. The molecule has 3 nitrogen and oxygen atoms in total. The molecule has 2 aliphatic rings. The summed E-state index contributed by atoms with van der Waals surface area (Å²) in [6.45, 7) is 4.76. The monoisotopic (exact) mass is 791 g/mol. The van der Waals surface area contributed by atoms with E-state index in [9.17, 15) is 0 Å². The number of benzene rings is 9. The molecule has 0 N–H and O–H groups in total. The Morgan fingerprint density at radius 1 is 0.274 bits per heavy atom. The molecule has 1 heterocycles. The number of aromatic nitrogens is 3. The molecule has 0 unspecified atom stereocenters. The molecule has 292 valence electrons. The highest BCUT2D eigenvalue weighted by molar-refractivity contribution is 5.94. The van der Waals surface area contributed by atoms with E-state index in [0.717, 1.165) is 27.8 Å². The van der Waals surface area contributed by atoms with E-state index in [1.165, 1.54) is 66.4 Å². The molecule has 1 spiro atoms. The maximum absolute atomic E-state index is 5.00. The predicted octanol–water partition coefficient (Wildman–Crippen LogP) is 14.4. The van der Waals surface area contributed by atoms with Crippen molar-refractivity contribution in [3.63, 3.8) is 0 Å². The summed E-state index contributed by atoms with van der Waals surface area (Å²) in [6, 6.07) is 77.0. The van der Waals surface area contributed by atoms with Crippen LogP contribution in [0.4, 0.5) is 0 Å². The van der Waals surface area contributed by atoms with Gasteiger partial charge in [0.1, 0.15) is 0 Å². The zero-order valence-electron chi connectivity index (χ0n) is 34.5. The van der Waals surface area contributed by atoms with Crippen molar-refractivity contribution < 1.29 is 0 Å². The van der Waals surface area contributed by atoms with E-state index in [1.54, 1.807) is 0 Å². The molecule has 0 bridgehead atoms. The highest BCUT2D eigenvalue weighted by atomic mass is 15.0. The largest absolute Gasteiger partial charge is 0.208 e. The third kappa shape index (κ3) is 5.48. The van der Waals surface area contributed by atoms with Crippen LogP contribution in [-0.4, -0.2) is 15.0 Å². The molecule has 0 saturated heterocycles. The molecule has 10 aromatic rings. The highest BCUT2D eigenvalue weighted by Crippen LogP contribution is 2.62. The van der Waals surface area contributed by atoms with Gasteiger partial charge in [0.15, 0.2) is 17.5 Å². The van der Waals surface area contributed by atoms with E-state index < -0.39 is 5.41 Å². The quantitative estimate of drug-likeness (QED) is 0.174. The number of nitrogens with zero attached hydrogens (tertiary/aromatic N) is 3. The van der Waals surface area contributed by atoms with Crippen LogP contribution >= 0.6 is 0 Å². The Balaban J connectivity index is 0.950. The summed E-state index contributed by atoms with van der Waals surface area (Å²) in [7, 11) is 0. The second kappa shape index (κ2) is 13.9. The minimum atomic E-state index is -0.395. The van der Waals surface area contributed by atoms with Gasteiger partial charge in [0.05, 0.1) is 5.41 Å². The van der Waals surface area contributed by atoms with E-state index in [-0.39, 0.29) is 5.41 Å². The van der Waals surface area contributed by atoms with Crippen LogP contribution in [0.3, 0.4) is 0 Å². The molecule has 0 aliphatic heterocycles. The Labute approximate surface area is 362 Å². The van der Waals surface area contributed by atoms with Gasteiger partial charge in [-0.2, -0.15) is 0 Å². The van der Waals surface area contributed by atoms with Gasteiger partial charge in [0, 0.05) is 22.1 Å². The van der Waals surface area contributed by atoms with Gasteiger partial charge in [0.2, 0.25) is 0 Å². The summed E-state index contributed by atoms with van der Waals surface area (Å²) in [6.07, 6.45) is 0. The lowest BCUT2D eigenvalue weighted by atomic mass is 9.55. The van der Waals surface area contributed by atoms with Crippen LogP contribution in [0.2, 0.25) is 0 Å². The Morgan fingerprint density at radius 3 is 1.29 bits per heavy atom. The summed E-state index contributed by atoms with van der Waals surface area (Å²) in [5.41, 5.74) is 17.9. The summed E-state index contributed by atoms with van der Waals surface area (Å²) in [4.78, 5) is 14.9. The average molecular weight is 792 g/mol. The van der Waals surface area contributed by atoms with E-state index >= 15 is 0 Å². The lowest BCUT2D eigenvalue weighted by molar-refractivity contribution is 0.563. The smallest absolute Gasteiger partial charge is 0.164 e. The van der Waals surface area contributed by atoms with E-state index in [0.29, 0.717) is 17.5 Å². The standard InChI is InChI=1S/C59H41N3/c1-58(2)51-24-11-13-26-53(51)59(54-27-14-12-25-52(54)58)49-23-10-9-22-47(49)48-37-44(32-33-50(48)59)43-31-29-38-28-30-42(35-46(38)36-43)41-20-15-21-45(34-41)57-61-55(39-16-5-3-6-17-39)60-56(62-57)40-18-7-4-8-19-40/h3-37H,1-2H3. The fourth-order valence-corrected chi connectivity index (χ4v) is 10.4. The Bertz CT molecular complexity index is 3280. The second-order valence-corrected chi connectivity index (χ2v) is 17.2. The summed E-state index contributed by atoms with van der Waals surface area (Å²) >= 11 is 0. The Hall–Kier alpha value is -7.75. The second-order valence-electron chi connectivity index (χ2n) is 17.2. The van der Waals surface area contributed by atoms with Crippen LogP contribution in [0.1, 0.15) is 47.2 Å². The molecule has 1 aromatic heterocycles. The number of hydrogen-bond donors (Lipinski definition) is 0. The van der Waals surface area contributed by atoms with Crippen molar-refractivity contribution in [2.45, 2.75) is 24.7 Å². The van der Waals surface area contributed by atoms with Crippen LogP contribution in [0, 0.1) is 0 Å². The summed E-state index contributed by atoms with van der Waals surface area (Å²) < 4.78 is 0. The first-order chi connectivity index (χ1) is 30.5. The Morgan fingerprint density at radius 2 is 0.694 bits per heavy atom. The zero-order valence-corrected chi connectivity index (χ0v) is 34.5. The molecule has 3 heteroatoms. The van der Waals surface area contributed by atoms with Gasteiger partial charge in [-0.1, -0.05) is 202 Å². The van der Waals surface area contributed by atoms with Gasteiger partial charge in [-0.05, 0) is 102 Å². The van der Waals surface area contributed by atoms with Crippen molar-refractivity contribution >= 4 is 10.8 Å². The van der Waals surface area contributed by atoms with Crippen molar-refractivity contribution in [2.24, 2.45) is 0 Å². The Kier molecular flexibility index (Phi) is 8.10. The molecular weight excluding hydrogens is 751 g/mol. The van der Waals surface area contributed by atoms with E-state index in [2.05, 4.69) is 166 Å². The molecule has 9 aromatic carbocycles. The van der Waals surface area contributed by atoms with Crippen LogP contribution in [-0.2, 0) is 10.8 Å². The first-order valence-corrected chi connectivity index (χ1v) is 21.4. The van der Waals surface area contributed by atoms with Gasteiger partial charge in [-0.3, -0.25) is 0 Å². The maximum atomic E-state index is 5.00. The van der Waals surface area contributed by atoms with Crippen LogP contribution in [0.25, 0.3) is 78.3 Å². The average Bonchev–Trinajstić information content (AvgIpc) is 3.63. The normalized spacial score (nSPS) is 13.9. The van der Waals surface area contributed by atoms with Crippen LogP contribution in [0.15, 0.2) is 212 Å². The first-order valence-electron chi connectivity index (χ1n) is 21.4. The third-order valence-electron chi connectivity index (χ3n) is 13.4. The van der Waals surface area contributed by atoms with Crippen molar-refractivity contribution in [3.05, 3.63) is 246 Å². The third-order valence-corrected chi connectivity index (χ3v) is 13.4. The van der Waals surface area contributed by atoms with Gasteiger partial charge in [-0.15, -0.1) is 0 Å². The fraction of sp³-hybridized carbons (Fsp3) is 0.0678. The number of hydrogen-bond acceptors (Lipinski definition) is 3. The number of fused-ring (bicyclic) bond motifs is 10. The molecule has 62 heavy (non-hydrogen) atoms. The maximum Gasteiger partial charge on any atom is 0.164 e. The SMILES string of the molecule is CC1(C)c2ccccc2C2(c3ccccc3-c3cc(-c4ccc5ccc(-c6cccc(-c7nc(-c8ccccc8)nc(-c8ccccc8)n7)c6)cc5c4)ccc32)c2ccccc21. The van der Waals surface area contributed by atoms with E-state index in [4.69, 9.17) is 15.0 Å². The zero-order chi connectivity index (χ0) is 41.4. The highest BCUT2D eigenvalue weighted by Gasteiger charge is 2.53. The van der Waals surface area contributed by atoms with Crippen molar-refractivity contribution in [1.29, 1.82) is 0 Å². The predicted molar refractivity (Wildman–Crippen MR) is 254 cm³/mol. The lowest BCUT2D eigenvalue weighted by Gasteiger charge is -2.46.